The van der Waals surface area contributed by atoms with Crippen molar-refractivity contribution < 1.29 is 23.0 Å². The summed E-state index contributed by atoms with van der Waals surface area (Å²) >= 11 is 1.03. The van der Waals surface area contributed by atoms with Crippen LogP contribution in [0.15, 0.2) is 41.3 Å². The molecule has 2 aliphatic heterocycles. The van der Waals surface area contributed by atoms with E-state index >= 15 is 0 Å². The highest BCUT2D eigenvalue weighted by molar-refractivity contribution is 14.1. The first-order valence-corrected chi connectivity index (χ1v) is 11.9. The molecule has 33 heavy (non-hydrogen) atoms. The fourth-order valence-corrected chi connectivity index (χ4v) is 4.02. The van der Waals surface area contributed by atoms with Crippen molar-refractivity contribution in [2.24, 2.45) is 22.6 Å². The SMILES string of the molecule is Cc1cc(CN/C=C2/C([C@H](C)C(=O)C3CCOCC3)=NC=CC2N)cnc1OCC(F)(F)I. The van der Waals surface area contributed by atoms with E-state index in [0.29, 0.717) is 31.0 Å². The zero-order valence-corrected chi connectivity index (χ0v) is 20.8. The second-order valence-electron chi connectivity index (χ2n) is 8.24. The Balaban J connectivity index is 1.65. The fourth-order valence-electron chi connectivity index (χ4n) is 3.86. The van der Waals surface area contributed by atoms with Gasteiger partial charge in [0.05, 0.1) is 17.7 Å². The fraction of sp³-hybridized carbons (Fsp3) is 0.522. The van der Waals surface area contributed by atoms with Gasteiger partial charge in [0.25, 0.3) is 0 Å². The van der Waals surface area contributed by atoms with E-state index in [9.17, 15) is 13.6 Å². The highest BCUT2D eigenvalue weighted by Crippen LogP contribution is 2.26. The highest BCUT2D eigenvalue weighted by atomic mass is 127. The molecule has 3 rings (SSSR count). The first-order chi connectivity index (χ1) is 15.7. The number of carbonyl (C=O) groups is 1. The Bertz CT molecular complexity index is 940. The van der Waals surface area contributed by atoms with Gasteiger partial charge in [-0.25, -0.2) is 4.98 Å². The van der Waals surface area contributed by atoms with Gasteiger partial charge < -0.3 is 20.5 Å². The van der Waals surface area contributed by atoms with Crippen molar-refractivity contribution in [1.82, 2.24) is 10.3 Å². The molecule has 1 saturated heterocycles. The lowest BCUT2D eigenvalue weighted by atomic mass is 9.82. The Labute approximate surface area is 206 Å². The largest absolute Gasteiger partial charge is 0.470 e. The van der Waals surface area contributed by atoms with Gasteiger partial charge in [-0.05, 0) is 44.4 Å². The molecular formula is C23H29F2IN4O3. The maximum absolute atomic E-state index is 13.0. The maximum atomic E-state index is 13.0. The number of alkyl halides is 3. The van der Waals surface area contributed by atoms with Crippen LogP contribution in [0.3, 0.4) is 0 Å². The Hall–Kier alpha value is -1.92. The summed E-state index contributed by atoms with van der Waals surface area (Å²) in [6.07, 6.45) is 8.26. The van der Waals surface area contributed by atoms with Crippen molar-refractivity contribution in [1.29, 1.82) is 0 Å². The summed E-state index contributed by atoms with van der Waals surface area (Å²) in [7, 11) is 0. The van der Waals surface area contributed by atoms with Crippen LogP contribution >= 0.6 is 22.6 Å². The second-order valence-corrected chi connectivity index (χ2v) is 9.82. The van der Waals surface area contributed by atoms with Crippen LogP contribution in [0.2, 0.25) is 0 Å². The van der Waals surface area contributed by atoms with Gasteiger partial charge in [-0.2, -0.15) is 8.78 Å². The Morgan fingerprint density at radius 1 is 1.45 bits per heavy atom. The van der Waals surface area contributed by atoms with Crippen LogP contribution in [0.25, 0.3) is 0 Å². The molecule has 10 heteroatoms. The highest BCUT2D eigenvalue weighted by Gasteiger charge is 2.32. The Morgan fingerprint density at radius 2 is 2.18 bits per heavy atom. The summed E-state index contributed by atoms with van der Waals surface area (Å²) in [5.74, 6) is -0.0380. The number of nitrogens with zero attached hydrogens (tertiary/aromatic N) is 2. The van der Waals surface area contributed by atoms with Crippen molar-refractivity contribution in [2.45, 2.75) is 43.2 Å². The summed E-state index contributed by atoms with van der Waals surface area (Å²) in [4.78, 5) is 21.6. The molecule has 0 bridgehead atoms. The van der Waals surface area contributed by atoms with E-state index in [1.807, 2.05) is 13.0 Å². The zero-order chi connectivity index (χ0) is 24.0. The molecule has 0 saturated carbocycles. The normalized spacial score (nSPS) is 21.6. The standard InChI is InChI=1S/C23H29F2IN4O3/c1-14-9-16(11-30-22(14)33-13-23(24,25)26)10-28-12-18-19(27)3-6-29-20(18)15(2)21(31)17-4-7-32-8-5-17/h3,6,9,11-12,15,17,19,28H,4-5,7-8,10,13,27H2,1-2H3/b18-12+/t15-,19?/m0/s1. The first-order valence-electron chi connectivity index (χ1n) is 10.9. The van der Waals surface area contributed by atoms with Crippen LogP contribution in [0.5, 0.6) is 5.88 Å². The Morgan fingerprint density at radius 3 is 2.85 bits per heavy atom. The van der Waals surface area contributed by atoms with Gasteiger partial charge in [0, 0.05) is 78.0 Å². The third kappa shape index (κ3) is 7.28. The average Bonchev–Trinajstić information content (AvgIpc) is 2.78. The third-order valence-corrected chi connectivity index (χ3v) is 5.96. The van der Waals surface area contributed by atoms with E-state index < -0.39 is 10.5 Å². The monoisotopic (exact) mass is 574 g/mol. The maximum Gasteiger partial charge on any atom is 0.329 e. The van der Waals surface area contributed by atoms with Crippen molar-refractivity contribution in [3.63, 3.8) is 0 Å². The van der Waals surface area contributed by atoms with Crippen molar-refractivity contribution >= 4 is 34.1 Å². The lowest BCUT2D eigenvalue weighted by Crippen LogP contribution is -2.37. The van der Waals surface area contributed by atoms with Gasteiger partial charge in [-0.3, -0.25) is 9.79 Å². The van der Waals surface area contributed by atoms with Crippen LogP contribution in [-0.2, 0) is 16.1 Å². The van der Waals surface area contributed by atoms with E-state index in [0.717, 1.165) is 46.6 Å². The molecule has 7 nitrogen and oxygen atoms in total. The third-order valence-electron chi connectivity index (χ3n) is 5.65. The molecular weight excluding hydrogens is 545 g/mol. The molecule has 0 aromatic carbocycles. The quantitative estimate of drug-likeness (QED) is 0.345. The number of hydrogen-bond donors (Lipinski definition) is 2. The van der Waals surface area contributed by atoms with Crippen LogP contribution in [0, 0.1) is 18.8 Å². The number of hydrogen-bond acceptors (Lipinski definition) is 7. The molecule has 1 fully saturated rings. The van der Waals surface area contributed by atoms with E-state index in [1.165, 1.54) is 0 Å². The number of aryl methyl sites for hydroxylation is 1. The molecule has 2 aliphatic rings. The van der Waals surface area contributed by atoms with Crippen LogP contribution < -0.4 is 15.8 Å². The minimum atomic E-state index is -2.95. The predicted molar refractivity (Wildman–Crippen MR) is 131 cm³/mol. The summed E-state index contributed by atoms with van der Waals surface area (Å²) in [6, 6.07) is 1.45. The molecule has 3 heterocycles. The van der Waals surface area contributed by atoms with Crippen LogP contribution in [-0.4, -0.2) is 46.3 Å². The number of halogens is 3. The molecule has 180 valence electrons. The van der Waals surface area contributed by atoms with Gasteiger partial charge in [-0.15, -0.1) is 0 Å². The van der Waals surface area contributed by atoms with Gasteiger partial charge >= 0.3 is 3.93 Å². The van der Waals surface area contributed by atoms with E-state index in [1.54, 1.807) is 31.6 Å². The van der Waals surface area contributed by atoms with Crippen LogP contribution in [0.4, 0.5) is 8.78 Å². The summed E-state index contributed by atoms with van der Waals surface area (Å²) in [5, 5.41) is 3.22. The molecule has 0 amide bonds. The molecule has 0 radical (unpaired) electrons. The number of pyridine rings is 1. The summed E-state index contributed by atoms with van der Waals surface area (Å²) in [5.41, 5.74) is 9.23. The number of nitrogens with two attached hydrogens (primary N) is 1. The molecule has 1 aromatic rings. The smallest absolute Gasteiger partial charge is 0.329 e. The Kier molecular flexibility index (Phi) is 8.94. The molecule has 0 spiro atoms. The van der Waals surface area contributed by atoms with E-state index in [-0.39, 0.29) is 29.5 Å². The molecule has 1 unspecified atom stereocenters. The van der Waals surface area contributed by atoms with Crippen molar-refractivity contribution in [3.05, 3.63) is 47.4 Å². The lowest BCUT2D eigenvalue weighted by molar-refractivity contribution is -0.127. The van der Waals surface area contributed by atoms with E-state index in [2.05, 4.69) is 15.3 Å². The van der Waals surface area contributed by atoms with Crippen molar-refractivity contribution in [3.8, 4) is 5.88 Å². The second kappa shape index (κ2) is 11.5. The zero-order valence-electron chi connectivity index (χ0n) is 18.7. The van der Waals surface area contributed by atoms with Gasteiger partial charge in [0.15, 0.2) is 6.61 Å². The number of rotatable bonds is 9. The number of carbonyl (C=O) groups excluding carboxylic acids is 1. The number of ketones is 1. The topological polar surface area (TPSA) is 98.8 Å². The lowest BCUT2D eigenvalue weighted by Gasteiger charge is -2.27. The number of ether oxygens (including phenoxy) is 2. The molecule has 3 N–H and O–H groups in total. The molecule has 1 aromatic heterocycles. The minimum Gasteiger partial charge on any atom is -0.470 e. The van der Waals surface area contributed by atoms with Gasteiger partial charge in [0.1, 0.15) is 5.78 Å². The number of Topliss-reactive ketones (excluding diaryl/α,β-unsaturated/α-hetero) is 1. The summed E-state index contributed by atoms with van der Waals surface area (Å²) in [6.45, 7) is 4.55. The van der Waals surface area contributed by atoms with Gasteiger partial charge in [0.2, 0.25) is 5.88 Å². The molecule has 0 aliphatic carbocycles. The van der Waals surface area contributed by atoms with Crippen LogP contribution in [0.1, 0.15) is 30.9 Å². The van der Waals surface area contributed by atoms with Gasteiger partial charge in [-0.1, -0.05) is 0 Å². The minimum absolute atomic E-state index is 0.0188. The van der Waals surface area contributed by atoms with Crippen molar-refractivity contribution in [2.75, 3.05) is 19.8 Å². The first kappa shape index (κ1) is 25.7. The number of nitrogens with one attached hydrogen (secondary N) is 1. The van der Waals surface area contributed by atoms with E-state index in [4.69, 9.17) is 15.2 Å². The average molecular weight is 574 g/mol. The predicted octanol–water partition coefficient (Wildman–Crippen LogP) is 3.70. The number of aliphatic imine (C=N–C) groups is 1. The number of aromatic nitrogens is 1. The summed E-state index contributed by atoms with van der Waals surface area (Å²) < 4.78 is 33.5. The molecule has 2 atom stereocenters.